The molecule has 2 bridgehead atoms. The third-order valence-electron chi connectivity index (χ3n) is 4.18. The second kappa shape index (κ2) is 7.25. The number of hydrogen-bond acceptors (Lipinski definition) is 3. The van der Waals surface area contributed by atoms with Crippen molar-refractivity contribution in [2.24, 2.45) is 0 Å². The van der Waals surface area contributed by atoms with Crippen LogP contribution < -0.4 is 10.6 Å². The van der Waals surface area contributed by atoms with E-state index < -0.39 is 5.72 Å². The Bertz CT molecular complexity index is 282. The van der Waals surface area contributed by atoms with Crippen molar-refractivity contribution < 1.29 is 9.53 Å². The van der Waals surface area contributed by atoms with Crippen LogP contribution in [0.1, 0.15) is 71.1 Å². The van der Waals surface area contributed by atoms with E-state index in [4.69, 9.17) is 4.74 Å². The van der Waals surface area contributed by atoms with E-state index in [9.17, 15) is 4.79 Å². The number of carbonyl (C=O) groups is 1. The van der Waals surface area contributed by atoms with Crippen LogP contribution in [0.3, 0.4) is 0 Å². The summed E-state index contributed by atoms with van der Waals surface area (Å²) in [5.41, 5.74) is -0.662. The number of carbonyl (C=O) groups excluding carboxylic acids is 1. The number of unbranched alkanes of at least 4 members (excludes halogenated alkanes) is 7. The monoisotopic (exact) mass is 268 g/mol. The van der Waals surface area contributed by atoms with Gasteiger partial charge in [0.05, 0.1) is 0 Å². The Morgan fingerprint density at radius 1 is 1.21 bits per heavy atom. The van der Waals surface area contributed by atoms with E-state index in [1.54, 1.807) is 0 Å². The van der Waals surface area contributed by atoms with Gasteiger partial charge in [-0.2, -0.15) is 0 Å². The Labute approximate surface area is 116 Å². The van der Waals surface area contributed by atoms with E-state index in [1.807, 2.05) is 0 Å². The molecular formula is C15H28N2O2. The molecule has 110 valence electrons. The van der Waals surface area contributed by atoms with E-state index >= 15 is 0 Å². The van der Waals surface area contributed by atoms with Gasteiger partial charge < -0.3 is 10.1 Å². The number of rotatable bonds is 10. The van der Waals surface area contributed by atoms with Crippen molar-refractivity contribution in [2.45, 2.75) is 83.1 Å². The van der Waals surface area contributed by atoms with E-state index in [1.165, 1.54) is 44.9 Å². The highest BCUT2D eigenvalue weighted by Gasteiger charge is 2.56. The summed E-state index contributed by atoms with van der Waals surface area (Å²) in [6.45, 7) is 3.03. The van der Waals surface area contributed by atoms with Gasteiger partial charge in [-0.1, -0.05) is 51.9 Å². The van der Waals surface area contributed by atoms with Gasteiger partial charge in [-0.05, 0) is 12.8 Å². The molecule has 2 unspecified atom stereocenters. The summed E-state index contributed by atoms with van der Waals surface area (Å²) in [7, 11) is 0. The Kier molecular flexibility index (Phi) is 5.64. The lowest BCUT2D eigenvalue weighted by molar-refractivity contribution is -0.197. The standard InChI is InChI=1S/C15H28N2O2/c1-2-3-4-5-6-7-8-9-12-16-14(18)15-11-10-13(17-15)19-15/h13,17H,2-12H2,1H3,(H,16,18). The molecule has 0 aromatic heterocycles. The first-order valence-corrected chi connectivity index (χ1v) is 8.01. The maximum atomic E-state index is 11.9. The summed E-state index contributed by atoms with van der Waals surface area (Å²) >= 11 is 0. The fraction of sp³-hybridized carbons (Fsp3) is 0.933. The molecule has 2 atom stereocenters. The summed E-state index contributed by atoms with van der Waals surface area (Å²) in [4.78, 5) is 11.9. The van der Waals surface area contributed by atoms with E-state index in [0.29, 0.717) is 0 Å². The highest BCUT2D eigenvalue weighted by atomic mass is 16.6. The lowest BCUT2D eigenvalue weighted by Crippen LogP contribution is -2.66. The molecule has 3 rings (SSSR count). The molecule has 3 saturated heterocycles. The van der Waals surface area contributed by atoms with Crippen molar-refractivity contribution in [3.8, 4) is 0 Å². The first-order chi connectivity index (χ1) is 9.27. The van der Waals surface area contributed by atoms with Crippen LogP contribution in [-0.4, -0.2) is 24.4 Å². The zero-order valence-electron chi connectivity index (χ0n) is 12.2. The van der Waals surface area contributed by atoms with Gasteiger partial charge in [-0.3, -0.25) is 10.1 Å². The van der Waals surface area contributed by atoms with E-state index in [0.717, 1.165) is 25.8 Å². The smallest absolute Gasteiger partial charge is 0.267 e. The first kappa shape index (κ1) is 14.8. The minimum absolute atomic E-state index is 0.0317. The fourth-order valence-electron chi connectivity index (χ4n) is 2.94. The van der Waals surface area contributed by atoms with Crippen LogP contribution in [-0.2, 0) is 9.53 Å². The molecule has 3 heterocycles. The molecule has 3 fully saturated rings. The third kappa shape index (κ3) is 3.93. The quantitative estimate of drug-likeness (QED) is 0.599. The van der Waals surface area contributed by atoms with Gasteiger partial charge >= 0.3 is 0 Å². The summed E-state index contributed by atoms with van der Waals surface area (Å²) in [6.07, 6.45) is 12.3. The van der Waals surface area contributed by atoms with Crippen molar-refractivity contribution in [3.63, 3.8) is 0 Å². The second-order valence-corrected chi connectivity index (χ2v) is 5.85. The zero-order chi connectivity index (χ0) is 13.6. The molecule has 19 heavy (non-hydrogen) atoms. The highest BCUT2D eigenvalue weighted by Crippen LogP contribution is 2.37. The number of amides is 1. The van der Waals surface area contributed by atoms with Gasteiger partial charge in [-0.25, -0.2) is 0 Å². The summed E-state index contributed by atoms with van der Waals surface area (Å²) in [5, 5.41) is 6.16. The molecule has 2 N–H and O–H groups in total. The Morgan fingerprint density at radius 2 is 1.84 bits per heavy atom. The van der Waals surface area contributed by atoms with Crippen molar-refractivity contribution in [1.82, 2.24) is 10.6 Å². The molecule has 3 aliphatic rings. The molecule has 3 aliphatic heterocycles. The SMILES string of the molecule is CCCCCCCCCCNC(=O)C12CCC(N1)O2. The Morgan fingerprint density at radius 3 is 2.42 bits per heavy atom. The molecule has 0 aromatic rings. The zero-order valence-corrected chi connectivity index (χ0v) is 12.2. The van der Waals surface area contributed by atoms with Crippen molar-refractivity contribution in [3.05, 3.63) is 0 Å². The molecule has 4 heteroatoms. The van der Waals surface area contributed by atoms with Crippen LogP contribution >= 0.6 is 0 Å². The summed E-state index contributed by atoms with van der Waals surface area (Å²) in [5.74, 6) is 0.0317. The van der Waals surface area contributed by atoms with E-state index in [-0.39, 0.29) is 12.1 Å². The lowest BCUT2D eigenvalue weighted by atomic mass is 10.1. The average Bonchev–Trinajstić information content (AvgIpc) is 2.97. The predicted octanol–water partition coefficient (Wildman–Crippen LogP) is 2.68. The minimum atomic E-state index is -0.662. The van der Waals surface area contributed by atoms with Gasteiger partial charge in [0.25, 0.3) is 5.91 Å². The first-order valence-electron chi connectivity index (χ1n) is 8.01. The number of fused-ring (bicyclic) bond motifs is 1. The van der Waals surface area contributed by atoms with Crippen LogP contribution in [0.5, 0.6) is 0 Å². The molecular weight excluding hydrogens is 240 g/mol. The van der Waals surface area contributed by atoms with Gasteiger partial charge in [0.1, 0.15) is 6.23 Å². The van der Waals surface area contributed by atoms with Gasteiger partial charge in [0.15, 0.2) is 0 Å². The topological polar surface area (TPSA) is 50.4 Å². The molecule has 0 saturated carbocycles. The van der Waals surface area contributed by atoms with E-state index in [2.05, 4.69) is 17.6 Å². The fourth-order valence-corrected chi connectivity index (χ4v) is 2.94. The normalized spacial score (nSPS) is 28.2. The van der Waals surface area contributed by atoms with Gasteiger partial charge in [-0.15, -0.1) is 0 Å². The molecule has 1 amide bonds. The Hall–Kier alpha value is -0.610. The van der Waals surface area contributed by atoms with Crippen LogP contribution in [0, 0.1) is 0 Å². The van der Waals surface area contributed by atoms with Crippen LogP contribution in [0.2, 0.25) is 0 Å². The molecule has 4 nitrogen and oxygen atoms in total. The van der Waals surface area contributed by atoms with Crippen molar-refractivity contribution in [1.29, 1.82) is 0 Å². The predicted molar refractivity (Wildman–Crippen MR) is 75.6 cm³/mol. The molecule has 0 radical (unpaired) electrons. The van der Waals surface area contributed by atoms with Crippen LogP contribution in [0.15, 0.2) is 0 Å². The summed E-state index contributed by atoms with van der Waals surface area (Å²) < 4.78 is 5.51. The second-order valence-electron chi connectivity index (χ2n) is 5.85. The highest BCUT2D eigenvalue weighted by molar-refractivity contribution is 5.86. The largest absolute Gasteiger partial charge is 0.352 e. The number of nitrogens with one attached hydrogen (secondary N) is 2. The van der Waals surface area contributed by atoms with Gasteiger partial charge in [0, 0.05) is 13.0 Å². The molecule has 0 aliphatic carbocycles. The minimum Gasteiger partial charge on any atom is -0.352 e. The average molecular weight is 268 g/mol. The summed E-state index contributed by atoms with van der Waals surface area (Å²) in [6, 6.07) is 0. The molecule has 0 aromatic carbocycles. The lowest BCUT2D eigenvalue weighted by Gasteiger charge is -2.38. The van der Waals surface area contributed by atoms with Crippen LogP contribution in [0.25, 0.3) is 0 Å². The molecule has 0 spiro atoms. The van der Waals surface area contributed by atoms with Crippen molar-refractivity contribution >= 4 is 5.91 Å². The number of hydrogen-bond donors (Lipinski definition) is 2. The number of ether oxygens (including phenoxy) is 1. The van der Waals surface area contributed by atoms with Crippen molar-refractivity contribution in [2.75, 3.05) is 6.54 Å². The van der Waals surface area contributed by atoms with Gasteiger partial charge in [0.2, 0.25) is 5.72 Å². The Balaban J connectivity index is 1.41. The van der Waals surface area contributed by atoms with Crippen LogP contribution in [0.4, 0.5) is 0 Å². The maximum absolute atomic E-state index is 11.9. The maximum Gasteiger partial charge on any atom is 0.267 e. The third-order valence-corrected chi connectivity index (χ3v) is 4.18.